The first-order valence-electron chi connectivity index (χ1n) is 12.3. The number of aliphatic hydroxyl groups excluding tert-OH is 1. The van der Waals surface area contributed by atoms with Gasteiger partial charge in [0.05, 0.1) is 23.4 Å². The fourth-order valence-electron chi connectivity index (χ4n) is 6.38. The highest BCUT2D eigenvalue weighted by atomic mass is 32.2. The molecule has 0 amide bonds. The van der Waals surface area contributed by atoms with Gasteiger partial charge in [0.15, 0.2) is 6.29 Å². The van der Waals surface area contributed by atoms with Gasteiger partial charge >= 0.3 is 0 Å². The van der Waals surface area contributed by atoms with E-state index >= 15 is 0 Å². The van der Waals surface area contributed by atoms with Crippen LogP contribution in [0.5, 0.6) is 0 Å². The van der Waals surface area contributed by atoms with Gasteiger partial charge in [0, 0.05) is 23.8 Å². The lowest BCUT2D eigenvalue weighted by atomic mass is 9.64. The Balaban J connectivity index is 1.50. The molecule has 5 heteroatoms. The molecule has 0 aromatic heterocycles. The van der Waals surface area contributed by atoms with E-state index in [1.165, 1.54) is 42.8 Å². The SMILES string of the molecule is CC(C)C1=C2C3=CC=C(C4SCCS4)CC(OC4CC(O)CCO4)C3CCC2(C)CC1. The van der Waals surface area contributed by atoms with E-state index in [0.717, 1.165) is 12.8 Å². The van der Waals surface area contributed by atoms with Crippen LogP contribution in [0.15, 0.2) is 34.4 Å². The Hall–Kier alpha value is -0.200. The minimum Gasteiger partial charge on any atom is -0.393 e. The molecule has 31 heavy (non-hydrogen) atoms. The predicted molar refractivity (Wildman–Crippen MR) is 131 cm³/mol. The van der Waals surface area contributed by atoms with Gasteiger partial charge in [0.25, 0.3) is 0 Å². The highest BCUT2D eigenvalue weighted by molar-refractivity contribution is 8.20. The molecular weight excluding hydrogens is 424 g/mol. The van der Waals surface area contributed by atoms with Crippen LogP contribution in [-0.4, -0.2) is 46.3 Å². The minimum atomic E-state index is -0.296. The first kappa shape index (κ1) is 22.6. The third-order valence-corrected chi connectivity index (χ3v) is 11.3. The zero-order valence-corrected chi connectivity index (χ0v) is 20.9. The molecule has 3 aliphatic carbocycles. The molecule has 2 heterocycles. The van der Waals surface area contributed by atoms with Crippen molar-refractivity contribution in [3.8, 4) is 0 Å². The highest BCUT2D eigenvalue weighted by Gasteiger charge is 2.47. The number of aliphatic hydroxyl groups is 1. The van der Waals surface area contributed by atoms with Crippen molar-refractivity contribution in [2.45, 2.75) is 88.8 Å². The average Bonchev–Trinajstić information content (AvgIpc) is 3.34. The number of rotatable bonds is 4. The van der Waals surface area contributed by atoms with Crippen LogP contribution in [0.4, 0.5) is 0 Å². The maximum absolute atomic E-state index is 10.2. The maximum Gasteiger partial charge on any atom is 0.160 e. The number of thioether (sulfide) groups is 2. The Bertz CT molecular complexity index is 780. The first-order valence-corrected chi connectivity index (χ1v) is 14.4. The summed E-state index contributed by atoms with van der Waals surface area (Å²) in [7, 11) is 0. The smallest absolute Gasteiger partial charge is 0.160 e. The van der Waals surface area contributed by atoms with Crippen LogP contribution in [0.3, 0.4) is 0 Å². The molecule has 3 nitrogen and oxygen atoms in total. The molecule has 0 bridgehead atoms. The van der Waals surface area contributed by atoms with E-state index in [0.29, 0.717) is 34.9 Å². The van der Waals surface area contributed by atoms with E-state index in [2.05, 4.69) is 56.4 Å². The molecule has 3 fully saturated rings. The number of ether oxygens (including phenoxy) is 2. The van der Waals surface area contributed by atoms with Gasteiger partial charge in [0.2, 0.25) is 0 Å². The van der Waals surface area contributed by atoms with E-state index in [9.17, 15) is 5.11 Å². The standard InChI is InChI=1S/C26H38O3S2/c1-16(2)19-6-9-26(3)10-7-20-21(24(19)26)5-4-17(25-30-12-13-31-25)14-22(20)29-23-15-18(27)8-11-28-23/h4-5,16,18,20,22-23,25,27H,6-15H2,1-3H3. The molecule has 5 unspecified atom stereocenters. The second kappa shape index (κ2) is 9.21. The van der Waals surface area contributed by atoms with Gasteiger partial charge in [0.1, 0.15) is 0 Å². The zero-order valence-electron chi connectivity index (χ0n) is 19.3. The lowest BCUT2D eigenvalue weighted by molar-refractivity contribution is -0.213. The molecule has 0 radical (unpaired) electrons. The second-order valence-corrected chi connectivity index (χ2v) is 13.3. The molecule has 5 aliphatic rings. The van der Waals surface area contributed by atoms with Crippen molar-refractivity contribution in [1.82, 2.24) is 0 Å². The van der Waals surface area contributed by atoms with E-state index in [4.69, 9.17) is 9.47 Å². The molecular formula is C26H38O3S2. The summed E-state index contributed by atoms with van der Waals surface area (Å²) in [5.74, 6) is 3.54. The van der Waals surface area contributed by atoms with Crippen LogP contribution in [0.2, 0.25) is 0 Å². The van der Waals surface area contributed by atoms with Crippen LogP contribution in [0, 0.1) is 17.3 Å². The number of fused-ring (bicyclic) bond motifs is 3. The van der Waals surface area contributed by atoms with Crippen molar-refractivity contribution < 1.29 is 14.6 Å². The highest BCUT2D eigenvalue weighted by Crippen LogP contribution is 2.58. The molecule has 5 atom stereocenters. The normalized spacial score (nSPS) is 39.3. The molecule has 2 aliphatic heterocycles. The largest absolute Gasteiger partial charge is 0.393 e. The summed E-state index contributed by atoms with van der Waals surface area (Å²) in [6.07, 6.45) is 11.8. The fraction of sp³-hybridized carbons (Fsp3) is 0.769. The molecule has 0 aromatic rings. The number of allylic oxidation sites excluding steroid dienone is 4. The molecule has 1 saturated carbocycles. The third kappa shape index (κ3) is 4.47. The average molecular weight is 463 g/mol. The molecule has 172 valence electrons. The topological polar surface area (TPSA) is 38.7 Å². The van der Waals surface area contributed by atoms with Crippen molar-refractivity contribution in [3.05, 3.63) is 34.4 Å². The van der Waals surface area contributed by atoms with Crippen LogP contribution in [0.1, 0.15) is 65.7 Å². The fourth-order valence-corrected chi connectivity index (χ4v) is 9.32. The summed E-state index contributed by atoms with van der Waals surface area (Å²) in [5, 5.41) is 10.2. The quantitative estimate of drug-likeness (QED) is 0.547. The van der Waals surface area contributed by atoms with Crippen LogP contribution < -0.4 is 0 Å². The molecule has 5 rings (SSSR count). The van der Waals surface area contributed by atoms with E-state index in [1.54, 1.807) is 16.7 Å². The van der Waals surface area contributed by atoms with Crippen molar-refractivity contribution in [3.63, 3.8) is 0 Å². The molecule has 1 N–H and O–H groups in total. The molecule has 0 aromatic carbocycles. The van der Waals surface area contributed by atoms with E-state index < -0.39 is 0 Å². The summed E-state index contributed by atoms with van der Waals surface area (Å²) in [6.45, 7) is 7.84. The van der Waals surface area contributed by atoms with Crippen molar-refractivity contribution in [2.24, 2.45) is 17.3 Å². The Labute approximate surface area is 196 Å². The lowest BCUT2D eigenvalue weighted by Gasteiger charge is -2.43. The van der Waals surface area contributed by atoms with Crippen LogP contribution >= 0.6 is 23.5 Å². The summed E-state index contributed by atoms with van der Waals surface area (Å²) < 4.78 is 13.2. The van der Waals surface area contributed by atoms with Gasteiger partial charge in [-0.3, -0.25) is 0 Å². The van der Waals surface area contributed by atoms with Gasteiger partial charge in [-0.1, -0.05) is 38.5 Å². The molecule has 0 spiro atoms. The van der Waals surface area contributed by atoms with Crippen LogP contribution in [0.25, 0.3) is 0 Å². The van der Waals surface area contributed by atoms with Crippen molar-refractivity contribution >= 4 is 23.5 Å². The summed E-state index contributed by atoms with van der Waals surface area (Å²) in [6, 6.07) is 0. The number of hydrogen-bond acceptors (Lipinski definition) is 5. The Kier molecular flexibility index (Phi) is 6.71. The summed E-state index contributed by atoms with van der Waals surface area (Å²) in [5.41, 5.74) is 6.77. The lowest BCUT2D eigenvalue weighted by Crippen LogP contribution is -2.40. The predicted octanol–water partition coefficient (Wildman–Crippen LogP) is 6.09. The summed E-state index contributed by atoms with van der Waals surface area (Å²) in [4.78, 5) is 0. The Morgan fingerprint density at radius 3 is 2.71 bits per heavy atom. The van der Waals surface area contributed by atoms with Gasteiger partial charge in [-0.05, 0) is 66.6 Å². The van der Waals surface area contributed by atoms with Gasteiger partial charge in [-0.15, -0.1) is 23.5 Å². The minimum absolute atomic E-state index is 0.142. The number of hydrogen-bond donors (Lipinski definition) is 1. The zero-order chi connectivity index (χ0) is 21.6. The first-order chi connectivity index (χ1) is 14.9. The Morgan fingerprint density at radius 1 is 1.16 bits per heavy atom. The Morgan fingerprint density at radius 2 is 1.97 bits per heavy atom. The van der Waals surface area contributed by atoms with E-state index in [1.807, 2.05) is 0 Å². The monoisotopic (exact) mass is 462 g/mol. The molecule has 2 saturated heterocycles. The van der Waals surface area contributed by atoms with Gasteiger partial charge < -0.3 is 14.6 Å². The third-order valence-electron chi connectivity index (χ3n) is 8.10. The van der Waals surface area contributed by atoms with E-state index in [-0.39, 0.29) is 18.5 Å². The summed E-state index contributed by atoms with van der Waals surface area (Å²) >= 11 is 4.18. The maximum atomic E-state index is 10.2. The van der Waals surface area contributed by atoms with Crippen molar-refractivity contribution in [1.29, 1.82) is 0 Å². The van der Waals surface area contributed by atoms with Crippen LogP contribution in [-0.2, 0) is 9.47 Å². The van der Waals surface area contributed by atoms with Gasteiger partial charge in [-0.2, -0.15) is 0 Å². The van der Waals surface area contributed by atoms with Gasteiger partial charge in [-0.25, -0.2) is 0 Å². The van der Waals surface area contributed by atoms with Crippen molar-refractivity contribution in [2.75, 3.05) is 18.1 Å². The second-order valence-electron chi connectivity index (χ2n) is 10.6.